The van der Waals surface area contributed by atoms with Gasteiger partial charge in [-0.1, -0.05) is 12.1 Å². The van der Waals surface area contributed by atoms with Crippen LogP contribution in [0.4, 0.5) is 5.69 Å². The van der Waals surface area contributed by atoms with Crippen molar-refractivity contribution in [3.63, 3.8) is 0 Å². The molecule has 0 saturated heterocycles. The van der Waals surface area contributed by atoms with Gasteiger partial charge in [-0.15, -0.1) is 11.6 Å². The predicted octanol–water partition coefficient (Wildman–Crippen LogP) is 2.33. The second kappa shape index (κ2) is 3.62. The molecule has 0 aromatic heterocycles. The van der Waals surface area contributed by atoms with Gasteiger partial charge in [0.1, 0.15) is 0 Å². The summed E-state index contributed by atoms with van der Waals surface area (Å²) >= 11 is 5.75. The summed E-state index contributed by atoms with van der Waals surface area (Å²) in [5.74, 6) is 0.680. The van der Waals surface area contributed by atoms with E-state index in [0.29, 0.717) is 12.3 Å². The molecule has 1 aliphatic rings. The molecule has 0 aliphatic carbocycles. The molecule has 0 fully saturated rings. The first-order valence-electron chi connectivity index (χ1n) is 4.66. The summed E-state index contributed by atoms with van der Waals surface area (Å²) in [6, 6.07) is 6.09. The molecule has 2 nitrogen and oxygen atoms in total. The van der Waals surface area contributed by atoms with Crippen molar-refractivity contribution in [1.29, 1.82) is 0 Å². The van der Waals surface area contributed by atoms with E-state index in [0.717, 1.165) is 17.7 Å². The molecule has 0 saturated carbocycles. The van der Waals surface area contributed by atoms with Crippen molar-refractivity contribution in [3.8, 4) is 0 Å². The molecule has 1 aromatic carbocycles. The third-order valence-electron chi connectivity index (χ3n) is 2.65. The number of hydrogen-bond acceptors (Lipinski definition) is 1. The van der Waals surface area contributed by atoms with Crippen molar-refractivity contribution in [2.45, 2.75) is 18.7 Å². The Labute approximate surface area is 88.5 Å². The molecule has 0 unspecified atom stereocenters. The summed E-state index contributed by atoms with van der Waals surface area (Å²) in [5.41, 5.74) is 3.31. The molecule has 0 N–H and O–H groups in total. The maximum atomic E-state index is 11.4. The van der Waals surface area contributed by atoms with E-state index in [-0.39, 0.29) is 5.91 Å². The van der Waals surface area contributed by atoms with Crippen LogP contribution in [0.15, 0.2) is 18.2 Å². The molecule has 74 valence electrons. The van der Waals surface area contributed by atoms with Crippen LogP contribution in [-0.4, -0.2) is 13.0 Å². The third-order valence-corrected chi connectivity index (χ3v) is 2.96. The smallest absolute Gasteiger partial charge is 0.227 e. The summed E-state index contributed by atoms with van der Waals surface area (Å²) in [5, 5.41) is 0. The highest BCUT2D eigenvalue weighted by atomic mass is 35.5. The van der Waals surface area contributed by atoms with E-state index in [9.17, 15) is 4.79 Å². The summed E-state index contributed by atoms with van der Waals surface area (Å²) in [6.45, 7) is 0. The monoisotopic (exact) mass is 209 g/mol. The fourth-order valence-electron chi connectivity index (χ4n) is 1.76. The van der Waals surface area contributed by atoms with Crippen molar-refractivity contribution in [3.05, 3.63) is 29.3 Å². The minimum Gasteiger partial charge on any atom is -0.315 e. The van der Waals surface area contributed by atoms with Crippen LogP contribution >= 0.6 is 11.6 Å². The van der Waals surface area contributed by atoms with Crippen LogP contribution in [0.25, 0.3) is 0 Å². The van der Waals surface area contributed by atoms with Crippen molar-refractivity contribution >= 4 is 23.2 Å². The summed E-state index contributed by atoms with van der Waals surface area (Å²) < 4.78 is 0. The lowest BCUT2D eigenvalue weighted by Gasteiger charge is -2.26. The van der Waals surface area contributed by atoms with Gasteiger partial charge in [0.25, 0.3) is 0 Å². The Bertz CT molecular complexity index is 376. The van der Waals surface area contributed by atoms with Gasteiger partial charge in [-0.25, -0.2) is 0 Å². The van der Waals surface area contributed by atoms with Crippen LogP contribution < -0.4 is 4.90 Å². The zero-order chi connectivity index (χ0) is 10.1. The Balaban J connectivity index is 2.46. The average molecular weight is 210 g/mol. The van der Waals surface area contributed by atoms with Crippen LogP contribution in [0, 0.1) is 0 Å². The minimum atomic E-state index is 0.184. The number of fused-ring (bicyclic) bond motifs is 1. The van der Waals surface area contributed by atoms with E-state index in [2.05, 4.69) is 6.07 Å². The van der Waals surface area contributed by atoms with Gasteiger partial charge in [0.05, 0.1) is 0 Å². The first-order valence-corrected chi connectivity index (χ1v) is 5.20. The molecule has 0 radical (unpaired) electrons. The molecule has 1 aromatic rings. The van der Waals surface area contributed by atoms with Crippen molar-refractivity contribution in [1.82, 2.24) is 0 Å². The number of nitrogens with zero attached hydrogens (tertiary/aromatic N) is 1. The quantitative estimate of drug-likeness (QED) is 0.651. The number of halogens is 1. The van der Waals surface area contributed by atoms with Gasteiger partial charge < -0.3 is 4.90 Å². The number of anilines is 1. The van der Waals surface area contributed by atoms with Gasteiger partial charge >= 0.3 is 0 Å². The number of rotatable bonds is 1. The van der Waals surface area contributed by atoms with E-state index in [4.69, 9.17) is 11.6 Å². The SMILES string of the molecule is CN1C(=O)CCc2ccc(CCl)cc21. The third kappa shape index (κ3) is 1.50. The molecule has 3 heteroatoms. The van der Waals surface area contributed by atoms with Crippen LogP contribution in [0.2, 0.25) is 0 Å². The maximum absolute atomic E-state index is 11.4. The Hall–Kier alpha value is -1.02. The zero-order valence-electron chi connectivity index (χ0n) is 8.09. The Morgan fingerprint density at radius 3 is 2.93 bits per heavy atom. The van der Waals surface area contributed by atoms with Gasteiger partial charge in [0.2, 0.25) is 5.91 Å². The lowest BCUT2D eigenvalue weighted by Crippen LogP contribution is -2.31. The van der Waals surface area contributed by atoms with Gasteiger partial charge in [0, 0.05) is 25.0 Å². The van der Waals surface area contributed by atoms with E-state index in [1.54, 1.807) is 4.90 Å². The van der Waals surface area contributed by atoms with E-state index in [1.807, 2.05) is 19.2 Å². The van der Waals surface area contributed by atoms with Crippen molar-refractivity contribution < 1.29 is 4.79 Å². The van der Waals surface area contributed by atoms with E-state index in [1.165, 1.54) is 5.56 Å². The molecular formula is C11H12ClNO. The first kappa shape index (κ1) is 9.53. The van der Waals surface area contributed by atoms with Crippen LogP contribution in [0.3, 0.4) is 0 Å². The highest BCUT2D eigenvalue weighted by Gasteiger charge is 2.20. The lowest BCUT2D eigenvalue weighted by molar-refractivity contribution is -0.118. The van der Waals surface area contributed by atoms with Crippen molar-refractivity contribution in [2.24, 2.45) is 0 Å². The molecule has 14 heavy (non-hydrogen) atoms. The number of aryl methyl sites for hydroxylation is 1. The molecule has 2 rings (SSSR count). The van der Waals surface area contributed by atoms with E-state index < -0.39 is 0 Å². The average Bonchev–Trinajstić information content (AvgIpc) is 2.23. The Kier molecular flexibility index (Phi) is 2.46. The predicted molar refractivity (Wildman–Crippen MR) is 57.7 cm³/mol. The topological polar surface area (TPSA) is 20.3 Å². The minimum absolute atomic E-state index is 0.184. The number of carbonyl (C=O) groups excluding carboxylic acids is 1. The van der Waals surface area contributed by atoms with Crippen molar-refractivity contribution in [2.75, 3.05) is 11.9 Å². The second-order valence-electron chi connectivity index (χ2n) is 3.55. The Morgan fingerprint density at radius 2 is 2.21 bits per heavy atom. The van der Waals surface area contributed by atoms with Gasteiger partial charge in [-0.3, -0.25) is 4.79 Å². The highest BCUT2D eigenvalue weighted by Crippen LogP contribution is 2.28. The fourth-order valence-corrected chi connectivity index (χ4v) is 1.93. The normalized spacial score (nSPS) is 15.6. The van der Waals surface area contributed by atoms with Gasteiger partial charge in [-0.05, 0) is 23.6 Å². The standard InChI is InChI=1S/C11H12ClNO/c1-13-10-6-8(7-12)2-3-9(10)4-5-11(13)14/h2-3,6H,4-5,7H2,1H3. The number of hydrogen-bond donors (Lipinski definition) is 0. The number of benzene rings is 1. The maximum Gasteiger partial charge on any atom is 0.227 e. The van der Waals surface area contributed by atoms with Crippen LogP contribution in [-0.2, 0) is 17.1 Å². The van der Waals surface area contributed by atoms with Gasteiger partial charge in [-0.2, -0.15) is 0 Å². The summed E-state index contributed by atoms with van der Waals surface area (Å²) in [4.78, 5) is 13.2. The highest BCUT2D eigenvalue weighted by molar-refractivity contribution is 6.17. The van der Waals surface area contributed by atoms with E-state index >= 15 is 0 Å². The van der Waals surface area contributed by atoms with Crippen LogP contribution in [0.1, 0.15) is 17.5 Å². The molecule has 1 heterocycles. The Morgan fingerprint density at radius 1 is 1.43 bits per heavy atom. The molecule has 0 bridgehead atoms. The molecule has 1 aliphatic heterocycles. The second-order valence-corrected chi connectivity index (χ2v) is 3.82. The molecule has 1 amide bonds. The number of alkyl halides is 1. The summed E-state index contributed by atoms with van der Waals surface area (Å²) in [7, 11) is 1.82. The van der Waals surface area contributed by atoms with Crippen LogP contribution in [0.5, 0.6) is 0 Å². The van der Waals surface area contributed by atoms with Gasteiger partial charge in [0.15, 0.2) is 0 Å². The molecular weight excluding hydrogens is 198 g/mol. The largest absolute Gasteiger partial charge is 0.315 e. The summed E-state index contributed by atoms with van der Waals surface area (Å²) in [6.07, 6.45) is 1.46. The molecule has 0 spiro atoms. The number of carbonyl (C=O) groups is 1. The fraction of sp³-hybridized carbons (Fsp3) is 0.364. The lowest BCUT2D eigenvalue weighted by atomic mass is 10.00. The first-order chi connectivity index (χ1) is 6.72. The number of amides is 1. The molecule has 0 atom stereocenters. The zero-order valence-corrected chi connectivity index (χ0v) is 8.84.